The van der Waals surface area contributed by atoms with Crippen LogP contribution >= 0.6 is 0 Å². The summed E-state index contributed by atoms with van der Waals surface area (Å²) >= 11 is 0. The molecule has 0 heterocycles. The van der Waals surface area contributed by atoms with Crippen molar-refractivity contribution in [1.82, 2.24) is 5.32 Å². The molecule has 1 amide bonds. The Kier molecular flexibility index (Phi) is 6.34. The van der Waals surface area contributed by atoms with Crippen LogP contribution in [0.3, 0.4) is 0 Å². The SMILES string of the molecule is CC(C)(CC(=O)NC1CCC(C(=O)O)CC1)CC(=O)c1ccccc1. The molecule has 0 aliphatic heterocycles. The van der Waals surface area contributed by atoms with Crippen LogP contribution in [0.15, 0.2) is 30.3 Å². The van der Waals surface area contributed by atoms with Gasteiger partial charge in [0.2, 0.25) is 5.91 Å². The van der Waals surface area contributed by atoms with Crippen molar-refractivity contribution in [3.8, 4) is 0 Å². The molecule has 25 heavy (non-hydrogen) atoms. The second-order valence-electron chi connectivity index (χ2n) is 7.76. The molecule has 0 spiro atoms. The zero-order chi connectivity index (χ0) is 18.4. The fraction of sp³-hybridized carbons (Fsp3) is 0.550. The van der Waals surface area contributed by atoms with Gasteiger partial charge in [-0.3, -0.25) is 14.4 Å². The molecule has 2 rings (SSSR count). The van der Waals surface area contributed by atoms with E-state index in [1.165, 1.54) is 0 Å². The largest absolute Gasteiger partial charge is 0.481 e. The second-order valence-corrected chi connectivity index (χ2v) is 7.76. The smallest absolute Gasteiger partial charge is 0.306 e. The maximum atomic E-state index is 12.3. The molecule has 0 atom stereocenters. The quantitative estimate of drug-likeness (QED) is 0.742. The maximum absolute atomic E-state index is 12.3. The normalized spacial score (nSPS) is 20.7. The van der Waals surface area contributed by atoms with Crippen LogP contribution in [0.25, 0.3) is 0 Å². The fourth-order valence-electron chi connectivity index (χ4n) is 3.42. The highest BCUT2D eigenvalue weighted by atomic mass is 16.4. The van der Waals surface area contributed by atoms with Gasteiger partial charge >= 0.3 is 5.97 Å². The molecule has 1 aromatic carbocycles. The van der Waals surface area contributed by atoms with Crippen LogP contribution in [0.4, 0.5) is 0 Å². The molecule has 0 unspecified atom stereocenters. The summed E-state index contributed by atoms with van der Waals surface area (Å²) in [6.07, 6.45) is 3.21. The van der Waals surface area contributed by atoms with Gasteiger partial charge in [0.15, 0.2) is 5.78 Å². The number of ketones is 1. The standard InChI is InChI=1S/C20H27NO4/c1-20(2,12-17(22)14-6-4-3-5-7-14)13-18(23)21-16-10-8-15(9-11-16)19(24)25/h3-7,15-16H,8-13H2,1-2H3,(H,21,23)(H,24,25). The molecule has 1 aliphatic carbocycles. The molecule has 1 fully saturated rings. The Morgan fingerprint density at radius 1 is 1.04 bits per heavy atom. The van der Waals surface area contributed by atoms with E-state index in [1.54, 1.807) is 12.1 Å². The van der Waals surface area contributed by atoms with E-state index in [4.69, 9.17) is 5.11 Å². The van der Waals surface area contributed by atoms with Gasteiger partial charge in [0.1, 0.15) is 0 Å². The van der Waals surface area contributed by atoms with Gasteiger partial charge in [0, 0.05) is 24.4 Å². The maximum Gasteiger partial charge on any atom is 0.306 e. The van der Waals surface area contributed by atoms with Crippen molar-refractivity contribution < 1.29 is 19.5 Å². The van der Waals surface area contributed by atoms with Gasteiger partial charge in [0.25, 0.3) is 0 Å². The van der Waals surface area contributed by atoms with Gasteiger partial charge < -0.3 is 10.4 Å². The molecule has 1 saturated carbocycles. The number of carboxylic acids is 1. The molecule has 1 aromatic rings. The number of Topliss-reactive ketones (excluding diaryl/α,β-unsaturated/α-hetero) is 1. The summed E-state index contributed by atoms with van der Waals surface area (Å²) in [5.41, 5.74) is 0.248. The summed E-state index contributed by atoms with van der Waals surface area (Å²) in [4.78, 5) is 35.6. The van der Waals surface area contributed by atoms with E-state index in [0.29, 0.717) is 37.7 Å². The Labute approximate surface area is 148 Å². The van der Waals surface area contributed by atoms with E-state index < -0.39 is 11.4 Å². The van der Waals surface area contributed by atoms with Gasteiger partial charge in [-0.2, -0.15) is 0 Å². The number of hydrogen-bond donors (Lipinski definition) is 2. The van der Waals surface area contributed by atoms with Crippen molar-refractivity contribution >= 4 is 17.7 Å². The summed E-state index contributed by atoms with van der Waals surface area (Å²) in [5, 5.41) is 12.0. The van der Waals surface area contributed by atoms with Crippen molar-refractivity contribution in [3.05, 3.63) is 35.9 Å². The molecule has 5 heteroatoms. The van der Waals surface area contributed by atoms with E-state index in [0.717, 1.165) is 0 Å². The first-order valence-electron chi connectivity index (χ1n) is 8.87. The van der Waals surface area contributed by atoms with Crippen LogP contribution in [-0.2, 0) is 9.59 Å². The molecule has 0 bridgehead atoms. The van der Waals surface area contributed by atoms with Gasteiger partial charge in [-0.1, -0.05) is 44.2 Å². The Balaban J connectivity index is 1.81. The molecule has 136 valence electrons. The Hall–Kier alpha value is -2.17. The summed E-state index contributed by atoms with van der Waals surface area (Å²) in [6.45, 7) is 3.85. The Morgan fingerprint density at radius 2 is 1.64 bits per heavy atom. The predicted octanol–water partition coefficient (Wildman–Crippen LogP) is 3.44. The van der Waals surface area contributed by atoms with Crippen LogP contribution in [-0.4, -0.2) is 28.8 Å². The minimum absolute atomic E-state index is 0.0420. The molecule has 1 aliphatic rings. The van der Waals surface area contributed by atoms with Crippen LogP contribution < -0.4 is 5.32 Å². The van der Waals surface area contributed by atoms with Gasteiger partial charge in [-0.15, -0.1) is 0 Å². The fourth-order valence-corrected chi connectivity index (χ4v) is 3.42. The number of hydrogen-bond acceptors (Lipinski definition) is 3. The van der Waals surface area contributed by atoms with Gasteiger partial charge in [-0.05, 0) is 31.1 Å². The molecule has 0 saturated heterocycles. The number of benzene rings is 1. The summed E-state index contributed by atoms with van der Waals surface area (Å²) in [7, 11) is 0. The van der Waals surface area contributed by atoms with E-state index in [-0.39, 0.29) is 30.1 Å². The topological polar surface area (TPSA) is 83.5 Å². The average Bonchev–Trinajstić information content (AvgIpc) is 2.55. The number of carboxylic acid groups (broad SMARTS) is 1. The van der Waals surface area contributed by atoms with Crippen LogP contribution in [0.5, 0.6) is 0 Å². The van der Waals surface area contributed by atoms with Crippen molar-refractivity contribution in [2.24, 2.45) is 11.3 Å². The zero-order valence-electron chi connectivity index (χ0n) is 15.0. The number of amides is 1. The third kappa shape index (κ3) is 6.00. The highest BCUT2D eigenvalue weighted by Crippen LogP contribution is 2.28. The van der Waals surface area contributed by atoms with Crippen molar-refractivity contribution in [2.45, 2.75) is 58.4 Å². The number of nitrogens with one attached hydrogen (secondary N) is 1. The molecular formula is C20H27NO4. The molecule has 2 N–H and O–H groups in total. The first-order valence-corrected chi connectivity index (χ1v) is 8.87. The summed E-state index contributed by atoms with van der Waals surface area (Å²) in [6, 6.07) is 9.16. The second kappa shape index (κ2) is 8.28. The van der Waals surface area contributed by atoms with Gasteiger partial charge in [-0.25, -0.2) is 0 Å². The number of carbonyl (C=O) groups excluding carboxylic acids is 2. The highest BCUT2D eigenvalue weighted by molar-refractivity contribution is 5.96. The van der Waals surface area contributed by atoms with Crippen molar-refractivity contribution in [1.29, 1.82) is 0 Å². The average molecular weight is 345 g/mol. The predicted molar refractivity (Wildman–Crippen MR) is 95.3 cm³/mol. The number of carbonyl (C=O) groups is 3. The van der Waals surface area contributed by atoms with E-state index in [1.807, 2.05) is 32.0 Å². The van der Waals surface area contributed by atoms with Crippen LogP contribution in [0.2, 0.25) is 0 Å². The van der Waals surface area contributed by atoms with Gasteiger partial charge in [0.05, 0.1) is 5.92 Å². The lowest BCUT2D eigenvalue weighted by molar-refractivity contribution is -0.142. The minimum atomic E-state index is -0.745. The molecule has 0 radical (unpaired) electrons. The first kappa shape index (κ1) is 19.2. The van der Waals surface area contributed by atoms with Crippen LogP contribution in [0.1, 0.15) is 62.7 Å². The first-order chi connectivity index (χ1) is 11.8. The van der Waals surface area contributed by atoms with E-state index in [9.17, 15) is 14.4 Å². The lowest BCUT2D eigenvalue weighted by Gasteiger charge is -2.29. The molecule has 5 nitrogen and oxygen atoms in total. The molecule has 0 aromatic heterocycles. The zero-order valence-corrected chi connectivity index (χ0v) is 15.0. The Bertz CT molecular complexity index is 616. The van der Waals surface area contributed by atoms with Crippen molar-refractivity contribution in [3.63, 3.8) is 0 Å². The van der Waals surface area contributed by atoms with E-state index in [2.05, 4.69) is 5.32 Å². The number of rotatable bonds is 7. The highest BCUT2D eigenvalue weighted by Gasteiger charge is 2.29. The lowest BCUT2D eigenvalue weighted by atomic mass is 9.81. The van der Waals surface area contributed by atoms with E-state index >= 15 is 0 Å². The summed E-state index contributed by atoms with van der Waals surface area (Å²) < 4.78 is 0. The van der Waals surface area contributed by atoms with Crippen LogP contribution in [0, 0.1) is 11.3 Å². The lowest BCUT2D eigenvalue weighted by Crippen LogP contribution is -2.40. The Morgan fingerprint density at radius 3 is 2.20 bits per heavy atom. The van der Waals surface area contributed by atoms with Crippen molar-refractivity contribution in [2.75, 3.05) is 0 Å². The number of aliphatic carboxylic acids is 1. The summed E-state index contributed by atoms with van der Waals surface area (Å²) in [5.74, 6) is -1.05. The third-order valence-corrected chi connectivity index (χ3v) is 4.82. The third-order valence-electron chi connectivity index (χ3n) is 4.82. The monoisotopic (exact) mass is 345 g/mol. The minimum Gasteiger partial charge on any atom is -0.481 e. The molecular weight excluding hydrogens is 318 g/mol.